The van der Waals surface area contributed by atoms with Crippen LogP contribution in [0.5, 0.6) is 11.5 Å². The predicted molar refractivity (Wildman–Crippen MR) is 85.6 cm³/mol. The van der Waals surface area contributed by atoms with E-state index >= 15 is 0 Å². The highest BCUT2D eigenvalue weighted by molar-refractivity contribution is 5.40. The van der Waals surface area contributed by atoms with Crippen LogP contribution in [0.4, 0.5) is 0 Å². The van der Waals surface area contributed by atoms with Gasteiger partial charge in [-0.05, 0) is 37.3 Å². The molecule has 0 unspecified atom stereocenters. The maximum Gasteiger partial charge on any atom is 0.127 e. The lowest BCUT2D eigenvalue weighted by Crippen LogP contribution is -2.14. The van der Waals surface area contributed by atoms with Gasteiger partial charge in [0.2, 0.25) is 0 Å². The van der Waals surface area contributed by atoms with Gasteiger partial charge >= 0.3 is 0 Å². The molecule has 2 rings (SSSR count). The van der Waals surface area contributed by atoms with E-state index in [0.717, 1.165) is 30.0 Å². The number of hydrogen-bond acceptors (Lipinski definition) is 3. The molecule has 21 heavy (non-hydrogen) atoms. The third-order valence-corrected chi connectivity index (χ3v) is 3.56. The first-order valence-corrected chi connectivity index (χ1v) is 7.43. The zero-order valence-corrected chi connectivity index (χ0v) is 12.9. The van der Waals surface area contributed by atoms with Gasteiger partial charge in [-0.3, -0.25) is 0 Å². The lowest BCUT2D eigenvalue weighted by Gasteiger charge is -2.10. The zero-order chi connectivity index (χ0) is 14.9. The first-order chi connectivity index (χ1) is 10.3. The quantitative estimate of drug-likeness (QED) is 0.665. The van der Waals surface area contributed by atoms with E-state index in [0.29, 0.717) is 6.54 Å². The van der Waals surface area contributed by atoms with Gasteiger partial charge < -0.3 is 14.8 Å². The van der Waals surface area contributed by atoms with Crippen LogP contribution in [0, 0.1) is 11.8 Å². The third-order valence-electron chi connectivity index (χ3n) is 3.56. The second-order valence-electron chi connectivity index (χ2n) is 5.06. The van der Waals surface area contributed by atoms with Crippen LogP contribution in [0.2, 0.25) is 0 Å². The average Bonchev–Trinajstić information content (AvgIpc) is 2.55. The summed E-state index contributed by atoms with van der Waals surface area (Å²) in [6.07, 6.45) is 7.17. The molecule has 0 radical (unpaired) electrons. The fourth-order valence-corrected chi connectivity index (χ4v) is 2.37. The van der Waals surface area contributed by atoms with Gasteiger partial charge in [0.15, 0.2) is 0 Å². The maximum absolute atomic E-state index is 5.37. The monoisotopic (exact) mass is 285 g/mol. The number of ether oxygens (including phenoxy) is 2. The number of benzene rings is 1. The molecular formula is C18H23NO2. The molecule has 1 aromatic rings. The summed E-state index contributed by atoms with van der Waals surface area (Å²) in [6, 6.07) is 5.86. The Labute approximate surface area is 127 Å². The van der Waals surface area contributed by atoms with Crippen LogP contribution in [0.3, 0.4) is 0 Å². The minimum Gasteiger partial charge on any atom is -0.497 e. The van der Waals surface area contributed by atoms with Crippen molar-refractivity contribution in [3.05, 3.63) is 35.4 Å². The molecule has 0 fully saturated rings. The molecule has 0 atom stereocenters. The van der Waals surface area contributed by atoms with Crippen LogP contribution in [0.1, 0.15) is 31.2 Å². The SMILES string of the molecule is COc1ccc(CNCC#CC2=CCCCC2)c(OC)c1. The van der Waals surface area contributed by atoms with Crippen LogP contribution in [-0.4, -0.2) is 20.8 Å². The van der Waals surface area contributed by atoms with Gasteiger partial charge in [-0.2, -0.15) is 0 Å². The van der Waals surface area contributed by atoms with Gasteiger partial charge in [-0.1, -0.05) is 24.0 Å². The highest BCUT2D eigenvalue weighted by atomic mass is 16.5. The molecule has 0 spiro atoms. The molecular weight excluding hydrogens is 262 g/mol. The number of hydrogen-bond donors (Lipinski definition) is 1. The Morgan fingerprint density at radius 3 is 2.81 bits per heavy atom. The Balaban J connectivity index is 1.83. The van der Waals surface area contributed by atoms with Crippen molar-refractivity contribution in [1.29, 1.82) is 0 Å². The van der Waals surface area contributed by atoms with E-state index in [1.165, 1.54) is 24.8 Å². The van der Waals surface area contributed by atoms with E-state index in [9.17, 15) is 0 Å². The Kier molecular flexibility index (Phi) is 6.18. The van der Waals surface area contributed by atoms with Gasteiger partial charge in [0.05, 0.1) is 20.8 Å². The summed E-state index contributed by atoms with van der Waals surface area (Å²) >= 11 is 0. The third kappa shape index (κ3) is 4.84. The molecule has 3 heteroatoms. The number of methoxy groups -OCH3 is 2. The van der Waals surface area contributed by atoms with Gasteiger partial charge in [-0.25, -0.2) is 0 Å². The standard InChI is InChI=1S/C18H23NO2/c1-20-17-11-10-16(18(13-17)21-2)14-19-12-6-9-15-7-4-3-5-8-15/h7,10-11,13,19H,3-5,8,12,14H2,1-2H3. The average molecular weight is 285 g/mol. The lowest BCUT2D eigenvalue weighted by molar-refractivity contribution is 0.390. The minimum absolute atomic E-state index is 0.687. The molecule has 1 aliphatic carbocycles. The van der Waals surface area contributed by atoms with Gasteiger partial charge in [0, 0.05) is 18.2 Å². The van der Waals surface area contributed by atoms with Crippen LogP contribution in [0.25, 0.3) is 0 Å². The Morgan fingerprint density at radius 1 is 1.19 bits per heavy atom. The molecule has 1 N–H and O–H groups in total. The Hall–Kier alpha value is -1.92. The molecule has 0 amide bonds. The summed E-state index contributed by atoms with van der Waals surface area (Å²) in [5.41, 5.74) is 2.40. The number of rotatable bonds is 5. The van der Waals surface area contributed by atoms with Crippen LogP contribution in [0.15, 0.2) is 29.8 Å². The summed E-state index contributed by atoms with van der Waals surface area (Å²) in [7, 11) is 3.33. The molecule has 0 saturated carbocycles. The highest BCUT2D eigenvalue weighted by Crippen LogP contribution is 2.24. The van der Waals surface area contributed by atoms with Crippen molar-refractivity contribution in [2.24, 2.45) is 0 Å². The van der Waals surface area contributed by atoms with Gasteiger partial charge in [0.25, 0.3) is 0 Å². The minimum atomic E-state index is 0.687. The first-order valence-electron chi connectivity index (χ1n) is 7.43. The molecule has 112 valence electrons. The van der Waals surface area contributed by atoms with Crippen molar-refractivity contribution in [2.45, 2.75) is 32.2 Å². The van der Waals surface area contributed by atoms with Crippen LogP contribution >= 0.6 is 0 Å². The molecule has 0 aliphatic heterocycles. The topological polar surface area (TPSA) is 30.5 Å². The van der Waals surface area contributed by atoms with Crippen molar-refractivity contribution < 1.29 is 9.47 Å². The summed E-state index contributed by atoms with van der Waals surface area (Å²) in [5.74, 6) is 8.09. The van der Waals surface area contributed by atoms with Crippen LogP contribution in [-0.2, 0) is 6.54 Å². The largest absolute Gasteiger partial charge is 0.497 e. The fourth-order valence-electron chi connectivity index (χ4n) is 2.37. The molecule has 0 heterocycles. The maximum atomic E-state index is 5.37. The zero-order valence-electron chi connectivity index (χ0n) is 12.9. The molecule has 0 saturated heterocycles. The second kappa shape index (κ2) is 8.39. The molecule has 1 aromatic carbocycles. The summed E-state index contributed by atoms with van der Waals surface area (Å²) < 4.78 is 10.6. The number of allylic oxidation sites excluding steroid dienone is 2. The molecule has 3 nitrogen and oxygen atoms in total. The van der Waals surface area contributed by atoms with Crippen molar-refractivity contribution >= 4 is 0 Å². The second-order valence-corrected chi connectivity index (χ2v) is 5.06. The molecule has 1 aliphatic rings. The fraction of sp³-hybridized carbons (Fsp3) is 0.444. The Morgan fingerprint density at radius 2 is 2.10 bits per heavy atom. The normalized spacial score (nSPS) is 13.9. The number of nitrogens with one attached hydrogen (secondary N) is 1. The summed E-state index contributed by atoms with van der Waals surface area (Å²) in [6.45, 7) is 1.42. The Bertz CT molecular complexity index is 552. The van der Waals surface area contributed by atoms with Gasteiger partial charge in [0.1, 0.15) is 11.5 Å². The first kappa shape index (κ1) is 15.5. The van der Waals surface area contributed by atoms with E-state index in [1.54, 1.807) is 14.2 Å². The van der Waals surface area contributed by atoms with E-state index in [1.807, 2.05) is 18.2 Å². The van der Waals surface area contributed by atoms with E-state index in [-0.39, 0.29) is 0 Å². The summed E-state index contributed by atoms with van der Waals surface area (Å²) in [5, 5.41) is 3.33. The predicted octanol–water partition coefficient (Wildman–Crippen LogP) is 3.30. The molecule has 0 bridgehead atoms. The van der Waals surface area contributed by atoms with E-state index in [4.69, 9.17) is 9.47 Å². The smallest absolute Gasteiger partial charge is 0.127 e. The van der Waals surface area contributed by atoms with Crippen molar-refractivity contribution in [1.82, 2.24) is 5.32 Å². The van der Waals surface area contributed by atoms with E-state index < -0.39 is 0 Å². The van der Waals surface area contributed by atoms with Crippen molar-refractivity contribution in [2.75, 3.05) is 20.8 Å². The van der Waals surface area contributed by atoms with E-state index in [2.05, 4.69) is 23.2 Å². The molecule has 0 aromatic heterocycles. The lowest BCUT2D eigenvalue weighted by atomic mass is 10.0. The van der Waals surface area contributed by atoms with Crippen LogP contribution < -0.4 is 14.8 Å². The summed E-state index contributed by atoms with van der Waals surface area (Å²) in [4.78, 5) is 0. The van der Waals surface area contributed by atoms with Crippen molar-refractivity contribution in [3.63, 3.8) is 0 Å². The van der Waals surface area contributed by atoms with Gasteiger partial charge in [-0.15, -0.1) is 0 Å². The van der Waals surface area contributed by atoms with Crippen molar-refractivity contribution in [3.8, 4) is 23.3 Å². The highest BCUT2D eigenvalue weighted by Gasteiger charge is 2.04.